The van der Waals surface area contributed by atoms with E-state index in [2.05, 4.69) is 20.9 Å². The highest BCUT2D eigenvalue weighted by Crippen LogP contribution is 2.27. The lowest BCUT2D eigenvalue weighted by atomic mass is 10.1. The van der Waals surface area contributed by atoms with Gasteiger partial charge in [-0.05, 0) is 57.2 Å². The second-order valence-corrected chi connectivity index (χ2v) is 10.5. The lowest BCUT2D eigenvalue weighted by molar-refractivity contribution is 0.0635. The number of para-hydroxylation sites is 3. The third-order valence-electron chi connectivity index (χ3n) is 5.12. The summed E-state index contributed by atoms with van der Waals surface area (Å²) in [4.78, 5) is 42.3. The largest absolute Gasteiger partial charge is 0.444 e. The van der Waals surface area contributed by atoms with E-state index in [-0.39, 0.29) is 12.5 Å². The summed E-state index contributed by atoms with van der Waals surface area (Å²) in [6.45, 7) is 5.41. The molecule has 3 N–H and O–H groups in total. The van der Waals surface area contributed by atoms with Crippen molar-refractivity contribution in [3.05, 3.63) is 95.5 Å². The van der Waals surface area contributed by atoms with Gasteiger partial charge in [0.1, 0.15) is 17.2 Å². The second kappa shape index (κ2) is 12.2. The molecule has 0 unspecified atom stereocenters. The molecule has 200 valence electrons. The van der Waals surface area contributed by atoms with E-state index in [1.807, 2.05) is 18.2 Å². The number of anilines is 3. The van der Waals surface area contributed by atoms with Crippen molar-refractivity contribution in [2.24, 2.45) is 0 Å². The summed E-state index contributed by atoms with van der Waals surface area (Å²) in [6, 6.07) is 22.9. The molecule has 0 radical (unpaired) electrons. The predicted octanol–water partition coefficient (Wildman–Crippen LogP) is 7.16. The van der Waals surface area contributed by atoms with Gasteiger partial charge in [0.2, 0.25) is 0 Å². The van der Waals surface area contributed by atoms with Crippen molar-refractivity contribution in [3.63, 3.8) is 0 Å². The quantitative estimate of drug-likeness (QED) is 0.227. The fourth-order valence-corrected chi connectivity index (χ4v) is 4.22. The van der Waals surface area contributed by atoms with E-state index in [0.717, 1.165) is 15.4 Å². The summed E-state index contributed by atoms with van der Waals surface area (Å²) in [5.74, 6) is -0.336. The number of nitrogens with one attached hydrogen (secondary N) is 3. The van der Waals surface area contributed by atoms with E-state index in [1.165, 1.54) is 11.3 Å². The molecule has 4 aromatic rings. The van der Waals surface area contributed by atoms with Crippen LogP contribution in [0, 0.1) is 0 Å². The van der Waals surface area contributed by atoms with Gasteiger partial charge in [-0.1, -0.05) is 42.5 Å². The lowest BCUT2D eigenvalue weighted by Crippen LogP contribution is -2.27. The molecule has 0 spiro atoms. The van der Waals surface area contributed by atoms with Crippen LogP contribution in [0.15, 0.2) is 85.1 Å². The summed E-state index contributed by atoms with van der Waals surface area (Å²) in [5.41, 5.74) is 2.13. The maximum absolute atomic E-state index is 12.9. The van der Waals surface area contributed by atoms with Crippen molar-refractivity contribution in [1.82, 2.24) is 4.98 Å². The zero-order valence-electron chi connectivity index (χ0n) is 21.7. The fraction of sp³-hybridized carbons (Fsp3) is 0.172. The average molecular weight is 545 g/mol. The first-order chi connectivity index (χ1) is 18.7. The molecule has 0 aliphatic carbocycles. The van der Waals surface area contributed by atoms with Gasteiger partial charge in [-0.3, -0.25) is 15.4 Å². The van der Waals surface area contributed by atoms with Gasteiger partial charge in [-0.25, -0.2) is 14.6 Å². The van der Waals surface area contributed by atoms with Gasteiger partial charge >= 0.3 is 12.2 Å². The number of ether oxygens (including phenoxy) is 2. The zero-order chi connectivity index (χ0) is 27.8. The number of benzene rings is 3. The summed E-state index contributed by atoms with van der Waals surface area (Å²) < 4.78 is 10.6. The minimum Gasteiger partial charge on any atom is -0.444 e. The van der Waals surface area contributed by atoms with E-state index in [1.54, 1.807) is 87.6 Å². The first kappa shape index (κ1) is 27.3. The molecule has 0 atom stereocenters. The van der Waals surface area contributed by atoms with Crippen molar-refractivity contribution in [2.45, 2.75) is 33.0 Å². The highest BCUT2D eigenvalue weighted by Gasteiger charge is 2.18. The number of rotatable bonds is 7. The second-order valence-electron chi connectivity index (χ2n) is 9.40. The normalized spacial score (nSPS) is 10.8. The van der Waals surface area contributed by atoms with Crippen LogP contribution < -0.4 is 16.0 Å². The minimum atomic E-state index is -0.647. The zero-order valence-corrected chi connectivity index (χ0v) is 22.5. The smallest absolute Gasteiger partial charge is 0.412 e. The van der Waals surface area contributed by atoms with Crippen LogP contribution in [0.3, 0.4) is 0 Å². The van der Waals surface area contributed by atoms with E-state index < -0.39 is 17.8 Å². The van der Waals surface area contributed by atoms with Gasteiger partial charge in [-0.2, -0.15) is 0 Å². The molecule has 0 bridgehead atoms. The highest BCUT2D eigenvalue weighted by atomic mass is 32.1. The van der Waals surface area contributed by atoms with E-state index in [0.29, 0.717) is 22.6 Å². The number of amides is 3. The molecular formula is C29H28N4O5S. The standard InChI is InChI=1S/C29H28N4O5S/c1-29(2,3)38-28(36)33-24-12-8-7-11-23(24)32-25(34)19-13-15-20(16-14-19)26-30-17-22(39-26)18-37-27(35)31-21-9-5-4-6-10-21/h4-17H,18H2,1-3H3,(H,31,35)(H,32,34)(H,33,36). The molecule has 1 aromatic heterocycles. The molecule has 3 aromatic carbocycles. The molecule has 0 aliphatic rings. The van der Waals surface area contributed by atoms with Crippen LogP contribution in [-0.2, 0) is 16.1 Å². The molecule has 0 saturated carbocycles. The SMILES string of the molecule is CC(C)(C)OC(=O)Nc1ccccc1NC(=O)c1ccc(-c2ncc(COC(=O)Nc3ccccc3)s2)cc1. The number of hydrogen-bond acceptors (Lipinski definition) is 7. The maximum Gasteiger partial charge on any atom is 0.412 e. The third kappa shape index (κ3) is 8.14. The Bertz CT molecular complexity index is 1450. The van der Waals surface area contributed by atoms with Crippen molar-refractivity contribution >= 4 is 46.5 Å². The first-order valence-electron chi connectivity index (χ1n) is 12.1. The molecule has 4 rings (SSSR count). The van der Waals surface area contributed by atoms with Crippen molar-refractivity contribution < 1.29 is 23.9 Å². The monoisotopic (exact) mass is 544 g/mol. The molecule has 10 heteroatoms. The maximum atomic E-state index is 12.9. The Labute approximate surface area is 230 Å². The Morgan fingerprint density at radius 1 is 0.795 bits per heavy atom. The first-order valence-corrected chi connectivity index (χ1v) is 12.9. The Morgan fingerprint density at radius 2 is 1.44 bits per heavy atom. The number of carbonyl (C=O) groups is 3. The summed E-state index contributed by atoms with van der Waals surface area (Å²) in [7, 11) is 0. The van der Waals surface area contributed by atoms with Crippen LogP contribution in [0.25, 0.3) is 10.6 Å². The number of thiazole rings is 1. The number of hydrogen-bond donors (Lipinski definition) is 3. The number of carbonyl (C=O) groups excluding carboxylic acids is 3. The third-order valence-corrected chi connectivity index (χ3v) is 6.14. The molecule has 1 heterocycles. The lowest BCUT2D eigenvalue weighted by Gasteiger charge is -2.20. The number of aromatic nitrogens is 1. The van der Waals surface area contributed by atoms with Crippen LogP contribution in [0.5, 0.6) is 0 Å². The average Bonchev–Trinajstić information content (AvgIpc) is 3.37. The van der Waals surface area contributed by atoms with E-state index in [4.69, 9.17) is 9.47 Å². The predicted molar refractivity (Wildman–Crippen MR) is 152 cm³/mol. The molecule has 39 heavy (non-hydrogen) atoms. The van der Waals surface area contributed by atoms with Gasteiger partial charge in [0, 0.05) is 23.0 Å². The van der Waals surface area contributed by atoms with Gasteiger partial charge in [0.05, 0.1) is 16.3 Å². The Balaban J connectivity index is 1.34. The molecule has 3 amide bonds. The fourth-order valence-electron chi connectivity index (χ4n) is 3.39. The summed E-state index contributed by atoms with van der Waals surface area (Å²) >= 11 is 1.39. The van der Waals surface area contributed by atoms with Gasteiger partial charge in [0.25, 0.3) is 5.91 Å². The molecule has 0 aliphatic heterocycles. The topological polar surface area (TPSA) is 119 Å². The molecule has 9 nitrogen and oxygen atoms in total. The van der Waals surface area contributed by atoms with Crippen LogP contribution >= 0.6 is 11.3 Å². The van der Waals surface area contributed by atoms with Crippen molar-refractivity contribution in [1.29, 1.82) is 0 Å². The number of nitrogens with zero attached hydrogens (tertiary/aromatic N) is 1. The van der Waals surface area contributed by atoms with Crippen molar-refractivity contribution in [3.8, 4) is 10.6 Å². The van der Waals surface area contributed by atoms with Crippen LogP contribution in [0.4, 0.5) is 26.7 Å². The van der Waals surface area contributed by atoms with Crippen LogP contribution in [0.2, 0.25) is 0 Å². The van der Waals surface area contributed by atoms with E-state index in [9.17, 15) is 14.4 Å². The van der Waals surface area contributed by atoms with Crippen LogP contribution in [-0.4, -0.2) is 28.7 Å². The molecular weight excluding hydrogens is 516 g/mol. The molecule has 0 fully saturated rings. The highest BCUT2D eigenvalue weighted by molar-refractivity contribution is 7.15. The Hall–Kier alpha value is -4.70. The van der Waals surface area contributed by atoms with Crippen LogP contribution in [0.1, 0.15) is 36.0 Å². The van der Waals surface area contributed by atoms with Gasteiger partial charge in [0.15, 0.2) is 0 Å². The van der Waals surface area contributed by atoms with Gasteiger partial charge < -0.3 is 14.8 Å². The summed E-state index contributed by atoms with van der Waals surface area (Å²) in [6.07, 6.45) is 0.498. The van der Waals surface area contributed by atoms with Crippen molar-refractivity contribution in [2.75, 3.05) is 16.0 Å². The van der Waals surface area contributed by atoms with Gasteiger partial charge in [-0.15, -0.1) is 11.3 Å². The molecule has 0 saturated heterocycles. The Kier molecular flexibility index (Phi) is 8.57. The summed E-state index contributed by atoms with van der Waals surface area (Å²) in [5, 5.41) is 8.89. The van der Waals surface area contributed by atoms with E-state index >= 15 is 0 Å². The minimum absolute atomic E-state index is 0.0908. The Morgan fingerprint density at radius 3 is 2.10 bits per heavy atom.